The molecule has 0 bridgehead atoms. The van der Waals surface area contributed by atoms with Crippen molar-refractivity contribution in [2.24, 2.45) is 0 Å². The van der Waals surface area contributed by atoms with E-state index in [1.54, 1.807) is 6.07 Å². The van der Waals surface area contributed by atoms with Crippen LogP contribution in [0.2, 0.25) is 0 Å². The summed E-state index contributed by atoms with van der Waals surface area (Å²) in [4.78, 5) is 22.2. The van der Waals surface area contributed by atoms with Crippen molar-refractivity contribution in [3.05, 3.63) is 23.3 Å². The number of fused-ring (bicyclic) bond motifs is 1. The van der Waals surface area contributed by atoms with Crippen LogP contribution in [0.4, 0.5) is 5.69 Å². The van der Waals surface area contributed by atoms with E-state index in [0.29, 0.717) is 18.6 Å². The van der Waals surface area contributed by atoms with E-state index in [2.05, 4.69) is 5.32 Å². The summed E-state index contributed by atoms with van der Waals surface area (Å²) in [6.45, 7) is 3.29. The molecular formula is C12H13NO3. The number of carbonyl (C=O) groups excluding carboxylic acids is 2. The number of amides is 1. The number of benzene rings is 1. The highest BCUT2D eigenvalue weighted by Gasteiger charge is 2.20. The summed E-state index contributed by atoms with van der Waals surface area (Å²) >= 11 is 0. The van der Waals surface area contributed by atoms with Gasteiger partial charge in [0.2, 0.25) is 5.91 Å². The van der Waals surface area contributed by atoms with Crippen LogP contribution in [0.15, 0.2) is 12.1 Å². The molecule has 1 aliphatic rings. The Hall–Kier alpha value is -1.84. The Kier molecular flexibility index (Phi) is 2.64. The standard InChI is InChI=1S/C12H13NO3/c1-7-3-5-10(16-8(2)14)9-4-6-11(15)13-12(7)9/h3,5H,4,6H2,1-2H3,(H,13,15). The van der Waals surface area contributed by atoms with Crippen LogP contribution in [0.5, 0.6) is 5.75 Å². The molecule has 1 aromatic carbocycles. The molecule has 0 aliphatic carbocycles. The second-order valence-electron chi connectivity index (χ2n) is 3.88. The van der Waals surface area contributed by atoms with Crippen LogP contribution in [-0.4, -0.2) is 11.9 Å². The number of esters is 1. The van der Waals surface area contributed by atoms with Crippen molar-refractivity contribution in [3.63, 3.8) is 0 Å². The second-order valence-corrected chi connectivity index (χ2v) is 3.88. The van der Waals surface area contributed by atoms with E-state index in [1.807, 2.05) is 13.0 Å². The Bertz CT molecular complexity index is 466. The molecular weight excluding hydrogens is 206 g/mol. The van der Waals surface area contributed by atoms with Gasteiger partial charge in [-0.05, 0) is 25.0 Å². The number of hydrogen-bond donors (Lipinski definition) is 1. The molecule has 16 heavy (non-hydrogen) atoms. The summed E-state index contributed by atoms with van der Waals surface area (Å²) in [6, 6.07) is 3.61. The fourth-order valence-electron chi connectivity index (χ4n) is 1.86. The number of rotatable bonds is 1. The van der Waals surface area contributed by atoms with Crippen LogP contribution in [0.1, 0.15) is 24.5 Å². The highest BCUT2D eigenvalue weighted by atomic mass is 16.5. The van der Waals surface area contributed by atoms with Crippen LogP contribution in [0.3, 0.4) is 0 Å². The summed E-state index contributed by atoms with van der Waals surface area (Å²) < 4.78 is 5.11. The second kappa shape index (κ2) is 3.96. The minimum atomic E-state index is -0.344. The molecule has 0 radical (unpaired) electrons. The number of carbonyl (C=O) groups is 2. The topological polar surface area (TPSA) is 55.4 Å². The van der Waals surface area contributed by atoms with E-state index in [-0.39, 0.29) is 11.9 Å². The summed E-state index contributed by atoms with van der Waals surface area (Å²) in [5.41, 5.74) is 2.68. The fourth-order valence-corrected chi connectivity index (χ4v) is 1.86. The van der Waals surface area contributed by atoms with Gasteiger partial charge in [-0.25, -0.2) is 0 Å². The summed E-state index contributed by atoms with van der Waals surface area (Å²) in [7, 11) is 0. The normalized spacial score (nSPS) is 14.0. The Labute approximate surface area is 93.6 Å². The summed E-state index contributed by atoms with van der Waals surface area (Å²) in [6.07, 6.45) is 1.05. The quantitative estimate of drug-likeness (QED) is 0.579. The van der Waals surface area contributed by atoms with E-state index in [1.165, 1.54) is 6.92 Å². The minimum absolute atomic E-state index is 0.00979. The van der Waals surface area contributed by atoms with E-state index in [0.717, 1.165) is 16.8 Å². The van der Waals surface area contributed by atoms with Gasteiger partial charge in [-0.15, -0.1) is 0 Å². The zero-order valence-electron chi connectivity index (χ0n) is 9.29. The van der Waals surface area contributed by atoms with Crippen LogP contribution in [0, 0.1) is 6.92 Å². The average molecular weight is 219 g/mol. The van der Waals surface area contributed by atoms with Gasteiger partial charge in [0.05, 0.1) is 5.69 Å². The van der Waals surface area contributed by atoms with Crippen LogP contribution >= 0.6 is 0 Å². The number of anilines is 1. The van der Waals surface area contributed by atoms with Gasteiger partial charge in [0.1, 0.15) is 5.75 Å². The van der Waals surface area contributed by atoms with Gasteiger partial charge in [-0.1, -0.05) is 6.07 Å². The van der Waals surface area contributed by atoms with Crippen molar-refractivity contribution >= 4 is 17.6 Å². The lowest BCUT2D eigenvalue weighted by atomic mass is 9.98. The van der Waals surface area contributed by atoms with E-state index >= 15 is 0 Å². The third kappa shape index (κ3) is 1.91. The van der Waals surface area contributed by atoms with E-state index < -0.39 is 0 Å². The monoisotopic (exact) mass is 219 g/mol. The summed E-state index contributed by atoms with van der Waals surface area (Å²) in [5, 5.41) is 2.81. The van der Waals surface area contributed by atoms with Gasteiger partial charge in [0.15, 0.2) is 0 Å². The zero-order chi connectivity index (χ0) is 11.7. The fraction of sp³-hybridized carbons (Fsp3) is 0.333. The van der Waals surface area contributed by atoms with Gasteiger partial charge in [0, 0.05) is 18.9 Å². The molecule has 1 amide bonds. The van der Waals surface area contributed by atoms with Crippen molar-refractivity contribution in [2.75, 3.05) is 5.32 Å². The lowest BCUT2D eigenvalue weighted by Crippen LogP contribution is -2.21. The Balaban J connectivity index is 2.46. The highest BCUT2D eigenvalue weighted by molar-refractivity contribution is 5.95. The van der Waals surface area contributed by atoms with Gasteiger partial charge >= 0.3 is 5.97 Å². The minimum Gasteiger partial charge on any atom is -0.426 e. The van der Waals surface area contributed by atoms with Crippen molar-refractivity contribution in [3.8, 4) is 5.75 Å². The Morgan fingerprint density at radius 1 is 1.38 bits per heavy atom. The predicted molar refractivity (Wildman–Crippen MR) is 59.4 cm³/mol. The summed E-state index contributed by atoms with van der Waals surface area (Å²) in [5.74, 6) is 0.214. The molecule has 4 nitrogen and oxygen atoms in total. The third-order valence-electron chi connectivity index (χ3n) is 2.60. The van der Waals surface area contributed by atoms with Gasteiger partial charge in [-0.3, -0.25) is 9.59 Å². The van der Waals surface area contributed by atoms with Crippen LogP contribution in [0.25, 0.3) is 0 Å². The smallest absolute Gasteiger partial charge is 0.308 e. The van der Waals surface area contributed by atoms with Crippen molar-refractivity contribution in [2.45, 2.75) is 26.7 Å². The molecule has 0 fully saturated rings. The molecule has 0 atom stereocenters. The molecule has 1 N–H and O–H groups in total. The van der Waals surface area contributed by atoms with E-state index in [4.69, 9.17) is 4.74 Å². The lowest BCUT2D eigenvalue weighted by molar-refractivity contribution is -0.131. The maximum absolute atomic E-state index is 11.3. The number of nitrogens with one attached hydrogen (secondary N) is 1. The Morgan fingerprint density at radius 3 is 2.81 bits per heavy atom. The SMILES string of the molecule is CC(=O)Oc1ccc(C)c2c1CCC(=O)N2. The van der Waals surface area contributed by atoms with E-state index in [9.17, 15) is 9.59 Å². The number of hydrogen-bond acceptors (Lipinski definition) is 3. The van der Waals surface area contributed by atoms with Crippen molar-refractivity contribution in [1.29, 1.82) is 0 Å². The number of ether oxygens (including phenoxy) is 1. The molecule has 1 aliphatic heterocycles. The molecule has 0 spiro atoms. The largest absolute Gasteiger partial charge is 0.426 e. The van der Waals surface area contributed by atoms with Crippen LogP contribution in [-0.2, 0) is 16.0 Å². The first kappa shape index (κ1) is 10.7. The molecule has 84 valence electrons. The molecule has 0 aromatic heterocycles. The maximum Gasteiger partial charge on any atom is 0.308 e. The van der Waals surface area contributed by atoms with Gasteiger partial charge in [0.25, 0.3) is 0 Å². The molecule has 2 rings (SSSR count). The molecule has 0 unspecified atom stereocenters. The average Bonchev–Trinajstić information content (AvgIpc) is 2.22. The lowest BCUT2D eigenvalue weighted by Gasteiger charge is -2.21. The molecule has 1 aromatic rings. The zero-order valence-corrected chi connectivity index (χ0v) is 9.29. The van der Waals surface area contributed by atoms with Crippen LogP contribution < -0.4 is 10.1 Å². The highest BCUT2D eigenvalue weighted by Crippen LogP contribution is 2.33. The third-order valence-corrected chi connectivity index (χ3v) is 2.60. The molecule has 4 heteroatoms. The first-order valence-corrected chi connectivity index (χ1v) is 5.18. The van der Waals surface area contributed by atoms with Gasteiger partial charge in [-0.2, -0.15) is 0 Å². The Morgan fingerprint density at radius 2 is 2.12 bits per heavy atom. The number of aryl methyl sites for hydroxylation is 1. The predicted octanol–water partition coefficient (Wildman–Crippen LogP) is 1.81. The molecule has 0 saturated heterocycles. The first-order chi connectivity index (χ1) is 7.58. The molecule has 0 saturated carbocycles. The van der Waals surface area contributed by atoms with Crippen molar-refractivity contribution < 1.29 is 14.3 Å². The first-order valence-electron chi connectivity index (χ1n) is 5.18. The maximum atomic E-state index is 11.3. The molecule has 1 heterocycles. The van der Waals surface area contributed by atoms with Gasteiger partial charge < -0.3 is 10.1 Å². The van der Waals surface area contributed by atoms with Crippen molar-refractivity contribution in [1.82, 2.24) is 0 Å².